The molecule has 0 aromatic heterocycles. The normalized spacial score (nSPS) is 16.8. The van der Waals surface area contributed by atoms with Gasteiger partial charge in [0.1, 0.15) is 0 Å². The summed E-state index contributed by atoms with van der Waals surface area (Å²) in [5, 5.41) is 3.46. The number of hydrogen-bond acceptors (Lipinski definition) is 1. The number of aryl methyl sites for hydroxylation is 1. The molecule has 0 bridgehead atoms. The summed E-state index contributed by atoms with van der Waals surface area (Å²) in [6.07, 6.45) is 16.2. The molecular weight excluding hydrogens is 494 g/mol. The molecule has 34 heavy (non-hydrogen) atoms. The third-order valence-corrected chi connectivity index (χ3v) is 9.12. The Bertz CT molecular complexity index is 933. The predicted octanol–water partition coefficient (Wildman–Crippen LogP) is 5.56. The SMILES string of the molecule is Cc1ccc([S@](=O)[C]2[CH][CH][CH][C]2P(c2ccccc2)c2ccccc2)cc1.[B].[CH]1[CH][CH][CH][CH]1.[Fe]. The van der Waals surface area contributed by atoms with Gasteiger partial charge in [0.05, 0.1) is 16.0 Å². The first kappa shape index (κ1) is 29.1. The monoisotopic (exact) mass is 519 g/mol. The molecule has 13 radical (unpaired) electrons. The Labute approximate surface area is 222 Å². The molecule has 2 saturated carbocycles. The zero-order valence-electron chi connectivity index (χ0n) is 18.9. The van der Waals surface area contributed by atoms with Crippen molar-refractivity contribution in [3.63, 3.8) is 0 Å². The summed E-state index contributed by atoms with van der Waals surface area (Å²) in [5.41, 5.74) is 2.34. The Morgan fingerprint density at radius 1 is 0.618 bits per heavy atom. The minimum Gasteiger partial charge on any atom is -0.254 e. The Kier molecular flexibility index (Phi) is 12.9. The molecule has 0 amide bonds. The molecule has 2 fully saturated rings. The van der Waals surface area contributed by atoms with Gasteiger partial charge in [-0.2, -0.15) is 0 Å². The van der Waals surface area contributed by atoms with Crippen molar-refractivity contribution >= 4 is 37.7 Å². The van der Waals surface area contributed by atoms with Crippen molar-refractivity contribution in [3.8, 4) is 0 Å². The van der Waals surface area contributed by atoms with Crippen LogP contribution in [0.2, 0.25) is 0 Å². The minimum absolute atomic E-state index is 0. The topological polar surface area (TPSA) is 17.1 Å². The van der Waals surface area contributed by atoms with E-state index in [0.29, 0.717) is 0 Å². The number of rotatable bonds is 5. The van der Waals surface area contributed by atoms with Gasteiger partial charge in [-0.05, 0) is 89.0 Å². The average Bonchev–Trinajstić information content (AvgIpc) is 3.57. The van der Waals surface area contributed by atoms with Gasteiger partial charge in [-0.1, -0.05) is 78.4 Å². The van der Waals surface area contributed by atoms with Crippen LogP contribution in [0.4, 0.5) is 0 Å². The maximum absolute atomic E-state index is 13.3. The second-order valence-electron chi connectivity index (χ2n) is 7.33. The fourth-order valence-corrected chi connectivity index (χ4v) is 7.37. The summed E-state index contributed by atoms with van der Waals surface area (Å²) >= 11 is 0. The molecular formula is C29H25BFeOPS. The van der Waals surface area contributed by atoms with Gasteiger partial charge < -0.3 is 0 Å². The van der Waals surface area contributed by atoms with Crippen molar-refractivity contribution < 1.29 is 21.3 Å². The van der Waals surface area contributed by atoms with Crippen molar-refractivity contribution in [2.75, 3.05) is 0 Å². The molecule has 5 rings (SSSR count). The van der Waals surface area contributed by atoms with Crippen LogP contribution in [0.1, 0.15) is 5.56 Å². The minimum atomic E-state index is -1.19. The van der Waals surface area contributed by atoms with Crippen LogP contribution in [0.3, 0.4) is 0 Å². The summed E-state index contributed by atoms with van der Waals surface area (Å²) < 4.78 is 13.3. The van der Waals surface area contributed by atoms with Crippen LogP contribution in [-0.2, 0) is 27.9 Å². The molecule has 1 atom stereocenters. The molecule has 3 aromatic rings. The van der Waals surface area contributed by atoms with E-state index in [-0.39, 0.29) is 25.5 Å². The summed E-state index contributed by atoms with van der Waals surface area (Å²) in [5.74, 6) is 0. The fourth-order valence-electron chi connectivity index (χ4n) is 3.43. The first-order valence-electron chi connectivity index (χ1n) is 10.5. The molecule has 5 heteroatoms. The van der Waals surface area contributed by atoms with Gasteiger partial charge in [0.15, 0.2) is 0 Å². The van der Waals surface area contributed by atoms with E-state index >= 15 is 0 Å². The van der Waals surface area contributed by atoms with E-state index < -0.39 is 18.7 Å². The van der Waals surface area contributed by atoms with Crippen molar-refractivity contribution in [2.24, 2.45) is 0 Å². The van der Waals surface area contributed by atoms with E-state index in [1.54, 1.807) is 0 Å². The number of hydrogen-bond donors (Lipinski definition) is 0. The first-order valence-corrected chi connectivity index (χ1v) is 13.0. The molecule has 169 valence electrons. The van der Waals surface area contributed by atoms with E-state index in [4.69, 9.17) is 0 Å². The average molecular weight is 519 g/mol. The Hall–Kier alpha value is -1.18. The number of benzene rings is 3. The molecule has 0 heterocycles. The van der Waals surface area contributed by atoms with Gasteiger partial charge in [-0.3, -0.25) is 4.21 Å². The predicted molar refractivity (Wildman–Crippen MR) is 143 cm³/mol. The zero-order chi connectivity index (χ0) is 22.2. The van der Waals surface area contributed by atoms with Crippen molar-refractivity contribution in [2.45, 2.75) is 11.8 Å². The second-order valence-corrected chi connectivity index (χ2v) is 11.0. The van der Waals surface area contributed by atoms with Crippen LogP contribution in [-0.4, -0.2) is 12.6 Å². The van der Waals surface area contributed by atoms with Gasteiger partial charge in [0.2, 0.25) is 0 Å². The molecule has 0 saturated heterocycles. The van der Waals surface area contributed by atoms with E-state index in [0.717, 1.165) is 10.1 Å². The van der Waals surface area contributed by atoms with Crippen molar-refractivity contribution in [1.82, 2.24) is 0 Å². The Morgan fingerprint density at radius 3 is 1.56 bits per heavy atom. The summed E-state index contributed by atoms with van der Waals surface area (Å²) in [6, 6.07) is 29.0. The molecule has 2 aliphatic carbocycles. The van der Waals surface area contributed by atoms with Crippen LogP contribution in [0.5, 0.6) is 0 Å². The summed E-state index contributed by atoms with van der Waals surface area (Å²) in [4.78, 5) is 0.851. The molecule has 1 nitrogen and oxygen atoms in total. The maximum Gasteiger partial charge on any atom is 0.0840 e. The quantitative estimate of drug-likeness (QED) is 0.319. The summed E-state index contributed by atoms with van der Waals surface area (Å²) in [7, 11) is -1.94. The summed E-state index contributed by atoms with van der Waals surface area (Å²) in [6.45, 7) is 2.05. The van der Waals surface area contributed by atoms with Crippen molar-refractivity contribution in [3.05, 3.63) is 153 Å². The molecule has 0 aliphatic heterocycles. The van der Waals surface area contributed by atoms with Crippen LogP contribution in [0, 0.1) is 69.2 Å². The van der Waals surface area contributed by atoms with Gasteiger partial charge in [-0.25, -0.2) is 0 Å². The molecule has 2 aliphatic rings. The fraction of sp³-hybridized carbons (Fsp3) is 0.0345. The molecule has 0 unspecified atom stereocenters. The van der Waals surface area contributed by atoms with Crippen LogP contribution >= 0.6 is 7.92 Å². The van der Waals surface area contributed by atoms with Gasteiger partial charge in [0.25, 0.3) is 0 Å². The standard InChI is InChI=1S/C24H20OPS.C5H5.B.Fe/c1-19-15-17-22(18-16-19)27(25)24-14-8-13-23(24)26(20-9-4-2-5-10-20)21-11-6-3-7-12-21;1-2-4-5-3-1;;/h2-18H,1H3;1-5H;;/t27-;;;/m0.../s1. The van der Waals surface area contributed by atoms with Crippen LogP contribution < -0.4 is 10.6 Å². The molecule has 0 spiro atoms. The third kappa shape index (κ3) is 7.66. The van der Waals surface area contributed by atoms with E-state index in [1.165, 1.54) is 21.8 Å². The zero-order valence-corrected chi connectivity index (χ0v) is 21.7. The van der Waals surface area contributed by atoms with Crippen molar-refractivity contribution in [1.29, 1.82) is 0 Å². The Morgan fingerprint density at radius 2 is 1.09 bits per heavy atom. The second kappa shape index (κ2) is 15.0. The van der Waals surface area contributed by atoms with Gasteiger partial charge in [0, 0.05) is 36.0 Å². The van der Waals surface area contributed by atoms with Crippen LogP contribution in [0.25, 0.3) is 0 Å². The maximum atomic E-state index is 13.3. The van der Waals surface area contributed by atoms with Gasteiger partial charge in [-0.15, -0.1) is 0 Å². The smallest absolute Gasteiger partial charge is 0.0840 e. The molecule has 0 N–H and O–H groups in total. The first-order chi connectivity index (χ1) is 15.7. The largest absolute Gasteiger partial charge is 0.254 e. The van der Waals surface area contributed by atoms with E-state index in [1.807, 2.05) is 88.3 Å². The van der Waals surface area contributed by atoms with Crippen LogP contribution in [0.15, 0.2) is 89.8 Å². The van der Waals surface area contributed by atoms with Gasteiger partial charge >= 0.3 is 0 Å². The third-order valence-electron chi connectivity index (χ3n) is 5.01. The Balaban J connectivity index is 0.000000520. The molecule has 3 aromatic carbocycles. The van der Waals surface area contributed by atoms with E-state index in [9.17, 15) is 4.21 Å². The van der Waals surface area contributed by atoms with E-state index in [2.05, 4.69) is 55.0 Å².